The number of hydrogen-bond donors (Lipinski definition) is 1. The number of ketones is 1. The zero-order valence-corrected chi connectivity index (χ0v) is 23.7. The van der Waals surface area contributed by atoms with Crippen LogP contribution in [0.1, 0.15) is 47.7 Å². The van der Waals surface area contributed by atoms with E-state index in [2.05, 4.69) is 4.98 Å². The first-order valence-corrected chi connectivity index (χ1v) is 15.0. The Balaban J connectivity index is 1.44. The lowest BCUT2D eigenvalue weighted by molar-refractivity contribution is -0.120. The van der Waals surface area contributed by atoms with Gasteiger partial charge in [-0.2, -0.15) is 0 Å². The third kappa shape index (κ3) is 7.25. The van der Waals surface area contributed by atoms with Gasteiger partial charge in [0.25, 0.3) is 5.91 Å². The van der Waals surface area contributed by atoms with Gasteiger partial charge in [0.1, 0.15) is 24.0 Å². The number of pyridine rings is 1. The highest BCUT2D eigenvalue weighted by Gasteiger charge is 2.24. The number of rotatable bonds is 11. The average molecular weight is 566 g/mol. The molecule has 40 heavy (non-hydrogen) atoms. The number of hydrogen-bond acceptors (Lipinski definition) is 8. The Labute approximate surface area is 235 Å². The normalized spacial score (nSPS) is 13.3. The van der Waals surface area contributed by atoms with Crippen LogP contribution in [0.15, 0.2) is 59.6 Å². The van der Waals surface area contributed by atoms with Gasteiger partial charge >= 0.3 is 0 Å². The second-order valence-electron chi connectivity index (χ2n) is 9.75. The summed E-state index contributed by atoms with van der Waals surface area (Å²) in [6.45, 7) is 5.57. The molecule has 2 N–H and O–H groups in total. The molecule has 0 bridgehead atoms. The van der Waals surface area contributed by atoms with E-state index in [-0.39, 0.29) is 41.6 Å². The molecule has 0 fully saturated rings. The highest BCUT2D eigenvalue weighted by atomic mass is 32.2. The number of anilines is 1. The maximum atomic E-state index is 13.5. The Morgan fingerprint density at radius 1 is 1.07 bits per heavy atom. The summed E-state index contributed by atoms with van der Waals surface area (Å²) in [7, 11) is -3.59. The number of fused-ring (bicyclic) bond motifs is 1. The lowest BCUT2D eigenvalue weighted by Gasteiger charge is -2.21. The van der Waals surface area contributed by atoms with Crippen LogP contribution < -0.4 is 10.5 Å². The lowest BCUT2D eigenvalue weighted by Crippen LogP contribution is -2.33. The molecule has 212 valence electrons. The first-order valence-electron chi connectivity index (χ1n) is 13.4. The van der Waals surface area contributed by atoms with Crippen molar-refractivity contribution in [2.75, 3.05) is 37.9 Å². The van der Waals surface area contributed by atoms with Gasteiger partial charge in [-0.25, -0.2) is 13.4 Å². The number of carbonyl (C=O) groups excluding carboxylic acids is 2. The molecule has 0 unspecified atom stereocenters. The van der Waals surface area contributed by atoms with Crippen molar-refractivity contribution >= 4 is 27.3 Å². The van der Waals surface area contributed by atoms with E-state index in [1.807, 2.05) is 31.2 Å². The van der Waals surface area contributed by atoms with Crippen molar-refractivity contribution in [1.29, 1.82) is 0 Å². The second kappa shape index (κ2) is 13.1. The minimum atomic E-state index is -3.59. The predicted octanol–water partition coefficient (Wildman–Crippen LogP) is 4.22. The Morgan fingerprint density at radius 3 is 2.60 bits per heavy atom. The molecule has 1 aromatic heterocycles. The zero-order chi connectivity index (χ0) is 28.7. The fourth-order valence-electron chi connectivity index (χ4n) is 4.60. The van der Waals surface area contributed by atoms with Gasteiger partial charge < -0.3 is 20.1 Å². The van der Waals surface area contributed by atoms with Crippen molar-refractivity contribution < 1.29 is 27.5 Å². The van der Waals surface area contributed by atoms with E-state index in [0.717, 1.165) is 22.4 Å². The van der Waals surface area contributed by atoms with E-state index in [1.54, 1.807) is 30.2 Å². The largest absolute Gasteiger partial charge is 0.491 e. The highest BCUT2D eigenvalue weighted by Crippen LogP contribution is 2.30. The number of carbonyl (C=O) groups is 2. The molecule has 3 aromatic rings. The van der Waals surface area contributed by atoms with Crippen LogP contribution in [0.5, 0.6) is 5.75 Å². The van der Waals surface area contributed by atoms with Gasteiger partial charge in [-0.3, -0.25) is 9.59 Å². The Bertz CT molecular complexity index is 1470. The number of Topliss-reactive ketones (excluding diaryl/α,β-unsaturated/α-hetero) is 1. The Hall–Kier alpha value is -3.76. The van der Waals surface area contributed by atoms with E-state index in [4.69, 9.17) is 15.2 Å². The summed E-state index contributed by atoms with van der Waals surface area (Å²) < 4.78 is 36.9. The van der Waals surface area contributed by atoms with E-state index < -0.39 is 9.84 Å². The molecule has 0 saturated heterocycles. The van der Waals surface area contributed by atoms with Crippen molar-refractivity contribution in [3.8, 4) is 16.9 Å². The van der Waals surface area contributed by atoms with E-state index in [9.17, 15) is 18.0 Å². The molecule has 0 aliphatic carbocycles. The fraction of sp³-hybridized carbons (Fsp3) is 0.367. The molecule has 9 nitrogen and oxygen atoms in total. The van der Waals surface area contributed by atoms with Crippen molar-refractivity contribution in [1.82, 2.24) is 9.88 Å². The third-order valence-corrected chi connectivity index (χ3v) is 8.63. The SMILES string of the molecule is CCOCCC(=O)CCCS(=O)(=O)c1ccc(C(=O)N2CCOc3ccc(-c4ccc(N)nc4)cc3C2)c(C)c1. The molecule has 10 heteroatoms. The molecule has 1 aliphatic rings. The van der Waals surface area contributed by atoms with Gasteiger partial charge in [0.2, 0.25) is 0 Å². The molecular weight excluding hydrogens is 530 g/mol. The van der Waals surface area contributed by atoms with Crippen LogP contribution in [0.4, 0.5) is 5.82 Å². The number of nitrogens with zero attached hydrogens (tertiary/aromatic N) is 2. The fourth-order valence-corrected chi connectivity index (χ4v) is 5.99. The van der Waals surface area contributed by atoms with Crippen LogP contribution in [0.25, 0.3) is 11.1 Å². The van der Waals surface area contributed by atoms with Gasteiger partial charge in [0.05, 0.1) is 23.8 Å². The summed E-state index contributed by atoms with van der Waals surface area (Å²) >= 11 is 0. The third-order valence-electron chi connectivity index (χ3n) is 6.83. The summed E-state index contributed by atoms with van der Waals surface area (Å²) in [5.41, 5.74) is 9.44. The molecule has 2 aromatic carbocycles. The molecule has 2 heterocycles. The Kier molecular flexibility index (Phi) is 9.54. The quantitative estimate of drug-likeness (QED) is 0.342. The van der Waals surface area contributed by atoms with Gasteiger partial charge in [-0.05, 0) is 73.9 Å². The van der Waals surface area contributed by atoms with E-state index in [1.165, 1.54) is 12.1 Å². The number of sulfone groups is 1. The molecule has 0 saturated carbocycles. The summed E-state index contributed by atoms with van der Waals surface area (Å²) in [5.74, 6) is 0.818. The summed E-state index contributed by atoms with van der Waals surface area (Å²) in [6, 6.07) is 14.0. The van der Waals surface area contributed by atoms with Crippen LogP contribution in [0, 0.1) is 6.92 Å². The number of amides is 1. The monoisotopic (exact) mass is 565 g/mol. The molecule has 1 aliphatic heterocycles. The van der Waals surface area contributed by atoms with Crippen molar-refractivity contribution in [3.63, 3.8) is 0 Å². The predicted molar refractivity (Wildman–Crippen MR) is 153 cm³/mol. The van der Waals surface area contributed by atoms with Crippen molar-refractivity contribution in [3.05, 3.63) is 71.4 Å². The minimum Gasteiger partial charge on any atom is -0.491 e. The maximum Gasteiger partial charge on any atom is 0.254 e. The molecule has 4 rings (SSSR count). The topological polar surface area (TPSA) is 129 Å². The van der Waals surface area contributed by atoms with Crippen LogP contribution >= 0.6 is 0 Å². The minimum absolute atomic E-state index is 0.0129. The maximum absolute atomic E-state index is 13.5. The van der Waals surface area contributed by atoms with Gasteiger partial charge in [-0.1, -0.05) is 6.07 Å². The van der Waals surface area contributed by atoms with Crippen molar-refractivity contribution in [2.24, 2.45) is 0 Å². The molecule has 0 spiro atoms. The van der Waals surface area contributed by atoms with E-state index >= 15 is 0 Å². The van der Waals surface area contributed by atoms with Gasteiger partial charge in [0.15, 0.2) is 9.84 Å². The average Bonchev–Trinajstić information content (AvgIpc) is 3.15. The first-order chi connectivity index (χ1) is 19.2. The molecule has 0 radical (unpaired) electrons. The number of aryl methyl sites for hydroxylation is 1. The second-order valence-corrected chi connectivity index (χ2v) is 11.9. The summed E-state index contributed by atoms with van der Waals surface area (Å²) in [5, 5.41) is 0. The van der Waals surface area contributed by atoms with Crippen LogP contribution in [0.3, 0.4) is 0 Å². The number of nitrogens with two attached hydrogens (primary N) is 1. The molecule has 0 atom stereocenters. The number of ether oxygens (including phenoxy) is 2. The number of nitrogen functional groups attached to an aromatic ring is 1. The van der Waals surface area contributed by atoms with Crippen molar-refractivity contribution in [2.45, 2.75) is 44.6 Å². The number of aromatic nitrogens is 1. The summed E-state index contributed by atoms with van der Waals surface area (Å²) in [6.07, 6.45) is 2.43. The number of benzene rings is 2. The molecular formula is C30H35N3O6S. The van der Waals surface area contributed by atoms with Crippen LogP contribution in [-0.4, -0.2) is 62.1 Å². The van der Waals surface area contributed by atoms with Crippen LogP contribution in [-0.2, 0) is 25.9 Å². The van der Waals surface area contributed by atoms with Crippen LogP contribution in [0.2, 0.25) is 0 Å². The van der Waals surface area contributed by atoms with Gasteiger partial charge in [-0.15, -0.1) is 0 Å². The smallest absolute Gasteiger partial charge is 0.254 e. The zero-order valence-electron chi connectivity index (χ0n) is 22.9. The Morgan fingerprint density at radius 2 is 1.88 bits per heavy atom. The van der Waals surface area contributed by atoms with Gasteiger partial charge in [0, 0.05) is 48.9 Å². The highest BCUT2D eigenvalue weighted by molar-refractivity contribution is 7.91. The first kappa shape index (κ1) is 29.2. The summed E-state index contributed by atoms with van der Waals surface area (Å²) in [4.78, 5) is 31.5. The van der Waals surface area contributed by atoms with E-state index in [0.29, 0.717) is 49.9 Å². The molecule has 1 amide bonds. The standard InChI is InChI=1S/C30H35N3O6S/c1-3-38-14-12-25(34)5-4-16-40(36,37)26-8-9-27(21(2)17-26)30(35)33-13-15-39-28-10-6-22(18-24(28)20-33)23-7-11-29(31)32-19-23/h6-11,17-19H,3-5,12-16,20H2,1-2H3,(H2,31,32). The lowest BCUT2D eigenvalue weighted by atomic mass is 10.0.